The predicted molar refractivity (Wildman–Crippen MR) is 66.1 cm³/mol. The van der Waals surface area contributed by atoms with Crippen LogP contribution in [0.2, 0.25) is 5.15 Å². The van der Waals surface area contributed by atoms with E-state index in [1.807, 2.05) is 0 Å². The van der Waals surface area contributed by atoms with Crippen LogP contribution in [-0.2, 0) is 0 Å². The Morgan fingerprint density at radius 3 is 2.74 bits per heavy atom. The minimum Gasteiger partial charge on any atom is -0.319 e. The van der Waals surface area contributed by atoms with Crippen molar-refractivity contribution in [1.82, 2.24) is 10.2 Å². The van der Waals surface area contributed by atoms with Crippen LogP contribution in [0.5, 0.6) is 0 Å². The zero-order valence-corrected chi connectivity index (χ0v) is 10.1. The molecule has 0 aliphatic heterocycles. The fourth-order valence-electron chi connectivity index (χ4n) is 1.34. The van der Waals surface area contributed by atoms with Gasteiger partial charge in [0.1, 0.15) is 11.9 Å². The van der Waals surface area contributed by atoms with E-state index in [4.69, 9.17) is 16.9 Å². The average Bonchev–Trinajstić information content (AvgIpc) is 2.41. The minimum atomic E-state index is -0.563. The van der Waals surface area contributed by atoms with Crippen molar-refractivity contribution in [3.63, 3.8) is 0 Å². The lowest BCUT2D eigenvalue weighted by atomic mass is 10.2. The van der Waals surface area contributed by atoms with Crippen molar-refractivity contribution in [3.05, 3.63) is 52.6 Å². The van der Waals surface area contributed by atoms with Crippen molar-refractivity contribution in [3.8, 4) is 6.07 Å². The van der Waals surface area contributed by atoms with Crippen molar-refractivity contribution < 1.29 is 9.18 Å². The highest BCUT2D eigenvalue weighted by Gasteiger charge is 2.11. The molecule has 1 amide bonds. The van der Waals surface area contributed by atoms with Gasteiger partial charge >= 0.3 is 0 Å². The summed E-state index contributed by atoms with van der Waals surface area (Å²) in [5.74, 6) is -1.12. The molecule has 1 N–H and O–H groups in total. The molecule has 0 spiro atoms. The van der Waals surface area contributed by atoms with Crippen molar-refractivity contribution in [2.45, 2.75) is 0 Å². The number of anilines is 1. The third-order valence-corrected chi connectivity index (χ3v) is 2.42. The maximum Gasteiger partial charge on any atom is 0.276 e. The summed E-state index contributed by atoms with van der Waals surface area (Å²) in [5, 5.41) is 18.6. The lowest BCUT2D eigenvalue weighted by Crippen LogP contribution is -2.15. The van der Waals surface area contributed by atoms with E-state index >= 15 is 0 Å². The Bertz CT molecular complexity index is 666. The number of hydrogen-bond acceptors (Lipinski definition) is 4. The third kappa shape index (κ3) is 3.03. The summed E-state index contributed by atoms with van der Waals surface area (Å²) in [4.78, 5) is 11.8. The van der Waals surface area contributed by atoms with Crippen LogP contribution in [0, 0.1) is 17.1 Å². The largest absolute Gasteiger partial charge is 0.319 e. The summed E-state index contributed by atoms with van der Waals surface area (Å²) in [6, 6.07) is 8.07. The van der Waals surface area contributed by atoms with Crippen molar-refractivity contribution in [2.75, 3.05) is 5.32 Å². The molecule has 0 saturated heterocycles. The summed E-state index contributed by atoms with van der Waals surface area (Å²) in [6.07, 6.45) is 0. The van der Waals surface area contributed by atoms with Gasteiger partial charge in [0.25, 0.3) is 5.91 Å². The second-order valence-corrected chi connectivity index (χ2v) is 3.88. The first-order valence-corrected chi connectivity index (χ1v) is 5.48. The molecule has 0 atom stereocenters. The Hall–Kier alpha value is -2.52. The van der Waals surface area contributed by atoms with Gasteiger partial charge in [-0.2, -0.15) is 5.26 Å². The summed E-state index contributed by atoms with van der Waals surface area (Å²) >= 11 is 5.55. The zero-order chi connectivity index (χ0) is 13.8. The van der Waals surface area contributed by atoms with E-state index in [0.29, 0.717) is 0 Å². The normalized spacial score (nSPS) is 9.74. The highest BCUT2D eigenvalue weighted by molar-refractivity contribution is 6.29. The number of benzene rings is 1. The smallest absolute Gasteiger partial charge is 0.276 e. The molecule has 0 saturated carbocycles. The molecule has 0 aliphatic rings. The molecular formula is C12H6ClFN4O. The second-order valence-electron chi connectivity index (χ2n) is 3.50. The van der Waals surface area contributed by atoms with Crippen LogP contribution in [0.4, 0.5) is 10.1 Å². The van der Waals surface area contributed by atoms with Gasteiger partial charge in [-0.1, -0.05) is 11.6 Å². The molecule has 1 aromatic heterocycles. The average molecular weight is 277 g/mol. The SMILES string of the molecule is N#Cc1cc(F)ccc1NC(=O)c1ccc(Cl)nn1. The van der Waals surface area contributed by atoms with Crippen LogP contribution in [-0.4, -0.2) is 16.1 Å². The van der Waals surface area contributed by atoms with Gasteiger partial charge in [-0.3, -0.25) is 4.79 Å². The molecule has 0 unspecified atom stereocenters. The number of nitriles is 1. The van der Waals surface area contributed by atoms with Crippen LogP contribution in [0.25, 0.3) is 0 Å². The van der Waals surface area contributed by atoms with Gasteiger partial charge < -0.3 is 5.32 Å². The molecule has 19 heavy (non-hydrogen) atoms. The first kappa shape index (κ1) is 12.9. The van der Waals surface area contributed by atoms with Crippen LogP contribution < -0.4 is 5.32 Å². The monoisotopic (exact) mass is 276 g/mol. The van der Waals surface area contributed by atoms with Crippen LogP contribution in [0.3, 0.4) is 0 Å². The van der Waals surface area contributed by atoms with Gasteiger partial charge in [-0.25, -0.2) is 4.39 Å². The fraction of sp³-hybridized carbons (Fsp3) is 0. The van der Waals surface area contributed by atoms with Gasteiger partial charge in [0.05, 0.1) is 11.3 Å². The van der Waals surface area contributed by atoms with Crippen molar-refractivity contribution in [1.29, 1.82) is 5.26 Å². The summed E-state index contributed by atoms with van der Waals surface area (Å²) < 4.78 is 12.9. The van der Waals surface area contributed by atoms with E-state index in [1.54, 1.807) is 6.07 Å². The molecule has 0 aliphatic carbocycles. The Morgan fingerprint density at radius 1 is 1.32 bits per heavy atom. The standard InChI is InChI=1S/C12H6ClFN4O/c13-11-4-3-10(17-18-11)12(19)16-9-2-1-8(14)5-7(9)6-15/h1-5H,(H,16,19). The lowest BCUT2D eigenvalue weighted by molar-refractivity contribution is 0.102. The molecule has 94 valence electrons. The molecular weight excluding hydrogens is 271 g/mol. The van der Waals surface area contributed by atoms with Gasteiger partial charge in [-0.05, 0) is 30.3 Å². The molecule has 7 heteroatoms. The number of amides is 1. The first-order valence-electron chi connectivity index (χ1n) is 5.10. The molecule has 0 fully saturated rings. The van der Waals surface area contributed by atoms with Crippen LogP contribution in [0.15, 0.2) is 30.3 Å². The van der Waals surface area contributed by atoms with Gasteiger partial charge in [0.15, 0.2) is 10.8 Å². The highest BCUT2D eigenvalue weighted by Crippen LogP contribution is 2.16. The maximum absolute atomic E-state index is 12.9. The van der Waals surface area contributed by atoms with E-state index < -0.39 is 11.7 Å². The van der Waals surface area contributed by atoms with E-state index in [1.165, 1.54) is 18.2 Å². The lowest BCUT2D eigenvalue weighted by Gasteiger charge is -2.06. The third-order valence-electron chi connectivity index (χ3n) is 2.21. The number of aromatic nitrogens is 2. The van der Waals surface area contributed by atoms with Gasteiger partial charge in [-0.15, -0.1) is 10.2 Å². The van der Waals surface area contributed by atoms with Gasteiger partial charge in [0.2, 0.25) is 0 Å². The topological polar surface area (TPSA) is 78.7 Å². The summed E-state index contributed by atoms with van der Waals surface area (Å²) in [7, 11) is 0. The summed E-state index contributed by atoms with van der Waals surface area (Å²) in [6.45, 7) is 0. The molecule has 5 nitrogen and oxygen atoms in total. The van der Waals surface area contributed by atoms with Crippen LogP contribution in [0.1, 0.15) is 16.1 Å². The Balaban J connectivity index is 2.24. The number of nitrogens with zero attached hydrogens (tertiary/aromatic N) is 3. The highest BCUT2D eigenvalue weighted by atomic mass is 35.5. The van der Waals surface area contributed by atoms with E-state index in [2.05, 4.69) is 15.5 Å². The number of nitrogens with one attached hydrogen (secondary N) is 1. The molecule has 1 heterocycles. The van der Waals surface area contributed by atoms with E-state index in [0.717, 1.165) is 12.1 Å². The maximum atomic E-state index is 12.9. The predicted octanol–water partition coefficient (Wildman–Crippen LogP) is 2.39. The van der Waals surface area contributed by atoms with E-state index in [-0.39, 0.29) is 22.1 Å². The molecule has 0 bridgehead atoms. The molecule has 0 radical (unpaired) electrons. The summed E-state index contributed by atoms with van der Waals surface area (Å²) in [5.41, 5.74) is 0.263. The minimum absolute atomic E-state index is 0.0234. The Labute approximate surface area is 112 Å². The molecule has 2 aromatic rings. The number of rotatable bonds is 2. The number of hydrogen-bond donors (Lipinski definition) is 1. The molecule has 1 aromatic carbocycles. The first-order chi connectivity index (χ1) is 9.10. The second kappa shape index (κ2) is 5.42. The number of halogens is 2. The van der Waals surface area contributed by atoms with Crippen molar-refractivity contribution in [2.24, 2.45) is 0 Å². The number of carbonyl (C=O) groups is 1. The quantitative estimate of drug-likeness (QED) is 0.913. The molecule has 2 rings (SSSR count). The Morgan fingerprint density at radius 2 is 2.11 bits per heavy atom. The van der Waals surface area contributed by atoms with Crippen LogP contribution >= 0.6 is 11.6 Å². The van der Waals surface area contributed by atoms with Crippen molar-refractivity contribution >= 4 is 23.2 Å². The fourth-order valence-corrected chi connectivity index (χ4v) is 1.44. The van der Waals surface area contributed by atoms with E-state index in [9.17, 15) is 9.18 Å². The number of carbonyl (C=O) groups excluding carboxylic acids is 1. The van der Waals surface area contributed by atoms with Gasteiger partial charge in [0, 0.05) is 0 Å². The Kier molecular flexibility index (Phi) is 3.68. The zero-order valence-electron chi connectivity index (χ0n) is 9.39.